The van der Waals surface area contributed by atoms with Gasteiger partial charge in [0.1, 0.15) is 5.75 Å². The Morgan fingerprint density at radius 2 is 2.24 bits per heavy atom. The number of rotatable bonds is 8. The lowest BCUT2D eigenvalue weighted by atomic mass is 10.2. The van der Waals surface area contributed by atoms with E-state index in [1.807, 2.05) is 32.0 Å². The average molecular weight is 310 g/mol. The van der Waals surface area contributed by atoms with Crippen LogP contribution in [-0.2, 0) is 11.3 Å². The first-order valence-corrected chi connectivity index (χ1v) is 7.19. The summed E-state index contributed by atoms with van der Waals surface area (Å²) in [5.74, 6) is 0.246. The molecular weight excluding hydrogens is 290 g/mol. The number of nitriles is 1. The first-order chi connectivity index (χ1) is 10.0. The lowest BCUT2D eigenvalue weighted by Crippen LogP contribution is -2.30. The van der Waals surface area contributed by atoms with Crippen LogP contribution in [0.1, 0.15) is 25.8 Å². The molecule has 0 heterocycles. The SMILES string of the molecule is CC(C)NCc1cccc(Cl)c1OCC(=O)NCCC#N. The third kappa shape index (κ3) is 6.48. The Balaban J connectivity index is 2.60. The maximum absolute atomic E-state index is 11.6. The van der Waals surface area contributed by atoms with Crippen LogP contribution in [0.25, 0.3) is 0 Å². The molecule has 114 valence electrons. The van der Waals surface area contributed by atoms with Crippen molar-refractivity contribution in [3.8, 4) is 11.8 Å². The van der Waals surface area contributed by atoms with Crippen LogP contribution >= 0.6 is 11.6 Å². The maximum atomic E-state index is 11.6. The van der Waals surface area contributed by atoms with E-state index in [-0.39, 0.29) is 18.9 Å². The molecule has 0 fully saturated rings. The standard InChI is InChI=1S/C15H20ClN3O2/c1-11(2)19-9-12-5-3-6-13(16)15(12)21-10-14(20)18-8-4-7-17/h3,5-6,11,19H,4,8-10H2,1-2H3,(H,18,20). The minimum Gasteiger partial charge on any atom is -0.482 e. The van der Waals surface area contributed by atoms with E-state index >= 15 is 0 Å². The zero-order valence-corrected chi connectivity index (χ0v) is 13.0. The van der Waals surface area contributed by atoms with Crippen molar-refractivity contribution in [2.24, 2.45) is 0 Å². The van der Waals surface area contributed by atoms with Crippen molar-refractivity contribution >= 4 is 17.5 Å². The number of hydrogen-bond acceptors (Lipinski definition) is 4. The smallest absolute Gasteiger partial charge is 0.257 e. The quantitative estimate of drug-likeness (QED) is 0.722. The van der Waals surface area contributed by atoms with Crippen LogP contribution in [0.4, 0.5) is 0 Å². The van der Waals surface area contributed by atoms with Gasteiger partial charge in [-0.25, -0.2) is 0 Å². The number of hydrogen-bond donors (Lipinski definition) is 2. The first-order valence-electron chi connectivity index (χ1n) is 6.81. The molecule has 0 aliphatic heterocycles. The van der Waals surface area contributed by atoms with E-state index in [0.29, 0.717) is 29.9 Å². The van der Waals surface area contributed by atoms with Gasteiger partial charge in [0.2, 0.25) is 0 Å². The zero-order valence-electron chi connectivity index (χ0n) is 12.3. The molecule has 1 aromatic carbocycles. The molecule has 0 spiro atoms. The number of halogens is 1. The summed E-state index contributed by atoms with van der Waals surface area (Å²) in [6.07, 6.45) is 0.279. The summed E-state index contributed by atoms with van der Waals surface area (Å²) in [5.41, 5.74) is 0.904. The monoisotopic (exact) mass is 309 g/mol. The number of carbonyl (C=O) groups excluding carboxylic acids is 1. The van der Waals surface area contributed by atoms with E-state index in [9.17, 15) is 4.79 Å². The van der Waals surface area contributed by atoms with E-state index in [2.05, 4.69) is 10.6 Å². The van der Waals surface area contributed by atoms with Gasteiger partial charge in [0, 0.05) is 24.7 Å². The predicted octanol–water partition coefficient (Wildman–Crippen LogP) is 2.25. The summed E-state index contributed by atoms with van der Waals surface area (Å²) in [6.45, 7) is 4.91. The highest BCUT2D eigenvalue weighted by molar-refractivity contribution is 6.32. The fourth-order valence-corrected chi connectivity index (χ4v) is 1.86. The fraction of sp³-hybridized carbons (Fsp3) is 0.467. The van der Waals surface area contributed by atoms with Crippen molar-refractivity contribution in [3.05, 3.63) is 28.8 Å². The lowest BCUT2D eigenvalue weighted by Gasteiger charge is -2.15. The van der Waals surface area contributed by atoms with Crippen molar-refractivity contribution < 1.29 is 9.53 Å². The fourth-order valence-electron chi connectivity index (χ4n) is 1.62. The van der Waals surface area contributed by atoms with E-state index < -0.39 is 0 Å². The van der Waals surface area contributed by atoms with Gasteiger partial charge in [-0.05, 0) is 6.07 Å². The topological polar surface area (TPSA) is 74.2 Å². The molecule has 1 aromatic rings. The molecule has 0 aliphatic carbocycles. The minimum absolute atomic E-state index is 0.121. The third-order valence-corrected chi connectivity index (χ3v) is 2.95. The highest BCUT2D eigenvalue weighted by atomic mass is 35.5. The maximum Gasteiger partial charge on any atom is 0.257 e. The first kappa shape index (κ1) is 17.3. The van der Waals surface area contributed by atoms with Gasteiger partial charge < -0.3 is 15.4 Å². The normalized spacial score (nSPS) is 10.2. The van der Waals surface area contributed by atoms with Crippen LogP contribution in [0.2, 0.25) is 5.02 Å². The van der Waals surface area contributed by atoms with Crippen LogP contribution in [0.5, 0.6) is 5.75 Å². The van der Waals surface area contributed by atoms with Crippen molar-refractivity contribution in [2.75, 3.05) is 13.2 Å². The molecule has 0 aliphatic rings. The summed E-state index contributed by atoms with van der Waals surface area (Å²) in [4.78, 5) is 11.6. The van der Waals surface area contributed by atoms with E-state index in [1.54, 1.807) is 6.07 Å². The van der Waals surface area contributed by atoms with Crippen LogP contribution in [0, 0.1) is 11.3 Å². The van der Waals surface area contributed by atoms with Crippen molar-refractivity contribution in [2.45, 2.75) is 32.9 Å². The zero-order chi connectivity index (χ0) is 15.7. The van der Waals surface area contributed by atoms with Gasteiger partial charge in [0.25, 0.3) is 5.91 Å². The van der Waals surface area contributed by atoms with E-state index in [4.69, 9.17) is 21.6 Å². The molecule has 6 heteroatoms. The number of benzene rings is 1. The molecular formula is C15H20ClN3O2. The van der Waals surface area contributed by atoms with Crippen LogP contribution in [0.15, 0.2) is 18.2 Å². The van der Waals surface area contributed by atoms with Crippen molar-refractivity contribution in [1.29, 1.82) is 5.26 Å². The average Bonchev–Trinajstić information content (AvgIpc) is 2.44. The molecule has 1 amide bonds. The summed E-state index contributed by atoms with van der Waals surface area (Å²) >= 11 is 6.13. The number of nitrogens with zero attached hydrogens (tertiary/aromatic N) is 1. The van der Waals surface area contributed by atoms with Crippen LogP contribution < -0.4 is 15.4 Å². The number of carbonyl (C=O) groups is 1. The summed E-state index contributed by atoms with van der Waals surface area (Å²) in [7, 11) is 0. The second-order valence-corrected chi connectivity index (χ2v) is 5.22. The Morgan fingerprint density at radius 1 is 1.48 bits per heavy atom. The van der Waals surface area contributed by atoms with Crippen molar-refractivity contribution in [1.82, 2.24) is 10.6 Å². The van der Waals surface area contributed by atoms with Crippen molar-refractivity contribution in [3.63, 3.8) is 0 Å². The van der Waals surface area contributed by atoms with Gasteiger partial charge in [0.15, 0.2) is 6.61 Å². The van der Waals surface area contributed by atoms with Gasteiger partial charge in [-0.2, -0.15) is 5.26 Å². The number of para-hydroxylation sites is 1. The molecule has 0 radical (unpaired) electrons. The Hall–Kier alpha value is -1.77. The molecule has 2 N–H and O–H groups in total. The summed E-state index contributed by atoms with van der Waals surface area (Å²) in [6, 6.07) is 7.78. The Labute approximate surface area is 130 Å². The number of nitrogens with one attached hydrogen (secondary N) is 2. The third-order valence-electron chi connectivity index (χ3n) is 2.66. The minimum atomic E-state index is -0.270. The lowest BCUT2D eigenvalue weighted by molar-refractivity contribution is -0.123. The van der Waals surface area contributed by atoms with Gasteiger partial charge in [-0.3, -0.25) is 4.79 Å². The molecule has 0 unspecified atom stereocenters. The second kappa shape index (κ2) is 9.22. The summed E-state index contributed by atoms with van der Waals surface area (Å²) < 4.78 is 5.53. The Bertz CT molecular complexity index is 512. The molecule has 0 bridgehead atoms. The predicted molar refractivity (Wildman–Crippen MR) is 82.2 cm³/mol. The largest absolute Gasteiger partial charge is 0.482 e. The van der Waals surface area contributed by atoms with Gasteiger partial charge in [-0.1, -0.05) is 37.6 Å². The molecule has 0 atom stereocenters. The Morgan fingerprint density at radius 3 is 2.90 bits per heavy atom. The molecule has 5 nitrogen and oxygen atoms in total. The van der Waals surface area contributed by atoms with Crippen LogP contribution in [-0.4, -0.2) is 25.1 Å². The second-order valence-electron chi connectivity index (χ2n) is 4.81. The van der Waals surface area contributed by atoms with E-state index in [1.165, 1.54) is 0 Å². The molecule has 1 rings (SSSR count). The van der Waals surface area contributed by atoms with Crippen LogP contribution in [0.3, 0.4) is 0 Å². The molecule has 0 saturated heterocycles. The molecule has 21 heavy (non-hydrogen) atoms. The Kier molecular flexibility index (Phi) is 7.59. The summed E-state index contributed by atoms with van der Waals surface area (Å²) in [5, 5.41) is 14.8. The molecule has 0 saturated carbocycles. The highest BCUT2D eigenvalue weighted by Crippen LogP contribution is 2.28. The van der Waals surface area contributed by atoms with Gasteiger partial charge >= 0.3 is 0 Å². The van der Waals surface area contributed by atoms with E-state index in [0.717, 1.165) is 5.56 Å². The number of amides is 1. The molecule has 0 aromatic heterocycles. The highest BCUT2D eigenvalue weighted by Gasteiger charge is 2.11. The van der Waals surface area contributed by atoms with Gasteiger partial charge in [0.05, 0.1) is 17.5 Å². The number of ether oxygens (including phenoxy) is 1. The van der Waals surface area contributed by atoms with Gasteiger partial charge in [-0.15, -0.1) is 0 Å².